The molecule has 4 nitrogen and oxygen atoms in total. The lowest BCUT2D eigenvalue weighted by Gasteiger charge is -2.04. The van der Waals surface area contributed by atoms with Crippen LogP contribution in [-0.2, 0) is 6.54 Å². The highest BCUT2D eigenvalue weighted by molar-refractivity contribution is 5.56. The Morgan fingerprint density at radius 2 is 1.94 bits per heavy atom. The molecule has 88 valence electrons. The fraction of sp³-hybridized carbons (Fsp3) is 0.231. The summed E-state index contributed by atoms with van der Waals surface area (Å²) in [5.41, 5.74) is 1.97. The maximum atomic E-state index is 5.12. The summed E-state index contributed by atoms with van der Waals surface area (Å²) in [5.74, 6) is 1.57. The molecule has 0 saturated heterocycles. The molecule has 2 aromatic rings. The fourth-order valence-corrected chi connectivity index (χ4v) is 1.55. The molecule has 2 rings (SSSR count). The predicted molar refractivity (Wildman–Crippen MR) is 66.8 cm³/mol. The van der Waals surface area contributed by atoms with Crippen LogP contribution in [0, 0.1) is 0 Å². The first-order valence-electron chi connectivity index (χ1n) is 5.44. The van der Waals surface area contributed by atoms with E-state index >= 15 is 0 Å². The first kappa shape index (κ1) is 11.5. The first-order chi connectivity index (χ1) is 8.33. The minimum Gasteiger partial charge on any atom is -0.497 e. The summed E-state index contributed by atoms with van der Waals surface area (Å²) in [6.07, 6.45) is 1.78. The average Bonchev–Trinajstić information content (AvgIpc) is 2.40. The fourth-order valence-electron chi connectivity index (χ4n) is 1.55. The van der Waals surface area contributed by atoms with Gasteiger partial charge in [-0.1, -0.05) is 0 Å². The van der Waals surface area contributed by atoms with Crippen molar-refractivity contribution >= 4 is 0 Å². The molecule has 1 aromatic carbocycles. The Kier molecular flexibility index (Phi) is 3.67. The zero-order valence-electron chi connectivity index (χ0n) is 9.97. The quantitative estimate of drug-likeness (QED) is 0.869. The molecule has 0 aliphatic rings. The van der Waals surface area contributed by atoms with Gasteiger partial charge < -0.3 is 10.1 Å². The molecule has 1 heterocycles. The number of nitrogens with one attached hydrogen (secondary N) is 1. The van der Waals surface area contributed by atoms with Gasteiger partial charge in [-0.15, -0.1) is 0 Å². The number of nitrogens with zero attached hydrogens (tertiary/aromatic N) is 2. The van der Waals surface area contributed by atoms with Gasteiger partial charge in [0, 0.05) is 18.3 Å². The molecule has 0 aliphatic heterocycles. The molecular formula is C13H15N3O. The number of methoxy groups -OCH3 is 1. The van der Waals surface area contributed by atoms with E-state index in [2.05, 4.69) is 15.3 Å². The molecule has 0 aliphatic carbocycles. The van der Waals surface area contributed by atoms with Crippen molar-refractivity contribution in [1.29, 1.82) is 0 Å². The third kappa shape index (κ3) is 2.79. The van der Waals surface area contributed by atoms with Crippen LogP contribution in [-0.4, -0.2) is 24.1 Å². The van der Waals surface area contributed by atoms with E-state index < -0.39 is 0 Å². The molecule has 4 heteroatoms. The topological polar surface area (TPSA) is 47.0 Å². The molecule has 0 atom stereocenters. The molecular weight excluding hydrogens is 214 g/mol. The number of hydrogen-bond acceptors (Lipinski definition) is 4. The van der Waals surface area contributed by atoms with Gasteiger partial charge in [0.2, 0.25) is 0 Å². The molecule has 0 bridgehead atoms. The summed E-state index contributed by atoms with van der Waals surface area (Å²) in [6.45, 7) is 0.742. The maximum Gasteiger partial charge on any atom is 0.159 e. The monoisotopic (exact) mass is 229 g/mol. The number of ether oxygens (including phenoxy) is 1. The van der Waals surface area contributed by atoms with Crippen molar-refractivity contribution in [1.82, 2.24) is 15.3 Å². The minimum absolute atomic E-state index is 0.736. The van der Waals surface area contributed by atoms with E-state index in [1.54, 1.807) is 13.3 Å². The Morgan fingerprint density at radius 1 is 1.18 bits per heavy atom. The van der Waals surface area contributed by atoms with Crippen LogP contribution in [0.4, 0.5) is 0 Å². The van der Waals surface area contributed by atoms with Gasteiger partial charge in [0.25, 0.3) is 0 Å². The lowest BCUT2D eigenvalue weighted by molar-refractivity contribution is 0.415. The standard InChI is InChI=1S/C13H15N3O/c1-14-9-11-7-8-15-13(16-11)10-3-5-12(17-2)6-4-10/h3-8,14H,9H2,1-2H3. The number of rotatable bonds is 4. The Balaban J connectivity index is 2.28. The van der Waals surface area contributed by atoms with E-state index in [4.69, 9.17) is 4.74 Å². The highest BCUT2D eigenvalue weighted by Gasteiger charge is 2.02. The zero-order valence-corrected chi connectivity index (χ0v) is 9.97. The van der Waals surface area contributed by atoms with E-state index in [1.807, 2.05) is 37.4 Å². The van der Waals surface area contributed by atoms with Crippen molar-refractivity contribution in [2.75, 3.05) is 14.2 Å². The van der Waals surface area contributed by atoms with Crippen molar-refractivity contribution in [3.05, 3.63) is 42.2 Å². The van der Waals surface area contributed by atoms with Crippen molar-refractivity contribution < 1.29 is 4.74 Å². The highest BCUT2D eigenvalue weighted by Crippen LogP contribution is 2.18. The number of benzene rings is 1. The van der Waals surface area contributed by atoms with Crippen molar-refractivity contribution in [3.8, 4) is 17.1 Å². The van der Waals surface area contributed by atoms with Crippen molar-refractivity contribution in [3.63, 3.8) is 0 Å². The first-order valence-corrected chi connectivity index (χ1v) is 5.44. The summed E-state index contributed by atoms with van der Waals surface area (Å²) in [7, 11) is 3.55. The summed E-state index contributed by atoms with van der Waals surface area (Å²) in [6, 6.07) is 9.63. The van der Waals surface area contributed by atoms with Gasteiger partial charge in [0.05, 0.1) is 12.8 Å². The summed E-state index contributed by atoms with van der Waals surface area (Å²) >= 11 is 0. The normalized spacial score (nSPS) is 10.2. The SMILES string of the molecule is CNCc1ccnc(-c2ccc(OC)cc2)n1. The Bertz CT molecular complexity index is 482. The number of hydrogen-bond donors (Lipinski definition) is 1. The van der Waals surface area contributed by atoms with Crippen LogP contribution in [0.1, 0.15) is 5.69 Å². The minimum atomic E-state index is 0.736. The lowest BCUT2D eigenvalue weighted by atomic mass is 10.2. The van der Waals surface area contributed by atoms with Crippen LogP contribution in [0.3, 0.4) is 0 Å². The van der Waals surface area contributed by atoms with Gasteiger partial charge in [-0.05, 0) is 37.4 Å². The lowest BCUT2D eigenvalue weighted by Crippen LogP contribution is -2.07. The van der Waals surface area contributed by atoms with E-state index in [0.717, 1.165) is 29.4 Å². The van der Waals surface area contributed by atoms with Gasteiger partial charge in [-0.3, -0.25) is 0 Å². The zero-order chi connectivity index (χ0) is 12.1. The van der Waals surface area contributed by atoms with Crippen molar-refractivity contribution in [2.45, 2.75) is 6.54 Å². The third-order valence-corrected chi connectivity index (χ3v) is 2.42. The van der Waals surface area contributed by atoms with Crippen LogP contribution in [0.25, 0.3) is 11.4 Å². The molecule has 0 radical (unpaired) electrons. The number of aromatic nitrogens is 2. The highest BCUT2D eigenvalue weighted by atomic mass is 16.5. The van der Waals surface area contributed by atoms with E-state index in [0.29, 0.717) is 0 Å². The second-order valence-corrected chi connectivity index (χ2v) is 3.63. The predicted octanol–water partition coefficient (Wildman–Crippen LogP) is 1.87. The third-order valence-electron chi connectivity index (χ3n) is 2.42. The van der Waals surface area contributed by atoms with Crippen LogP contribution in [0.5, 0.6) is 5.75 Å². The van der Waals surface area contributed by atoms with E-state index in [-0.39, 0.29) is 0 Å². The molecule has 17 heavy (non-hydrogen) atoms. The second-order valence-electron chi connectivity index (χ2n) is 3.63. The van der Waals surface area contributed by atoms with Gasteiger partial charge in [-0.2, -0.15) is 0 Å². The molecule has 0 spiro atoms. The molecule has 1 aromatic heterocycles. The summed E-state index contributed by atoms with van der Waals surface area (Å²) in [4.78, 5) is 8.74. The van der Waals surface area contributed by atoms with E-state index in [1.165, 1.54) is 0 Å². The Hall–Kier alpha value is -1.94. The molecule has 0 fully saturated rings. The second kappa shape index (κ2) is 5.41. The van der Waals surface area contributed by atoms with Gasteiger partial charge in [-0.25, -0.2) is 9.97 Å². The Labute approximate surface area is 101 Å². The molecule has 1 N–H and O–H groups in total. The van der Waals surface area contributed by atoms with Crippen LogP contribution in [0.15, 0.2) is 36.5 Å². The van der Waals surface area contributed by atoms with Gasteiger partial charge >= 0.3 is 0 Å². The maximum absolute atomic E-state index is 5.12. The van der Waals surface area contributed by atoms with Crippen LogP contribution in [0.2, 0.25) is 0 Å². The van der Waals surface area contributed by atoms with Crippen LogP contribution < -0.4 is 10.1 Å². The average molecular weight is 229 g/mol. The van der Waals surface area contributed by atoms with E-state index in [9.17, 15) is 0 Å². The molecule has 0 saturated carbocycles. The van der Waals surface area contributed by atoms with Crippen molar-refractivity contribution in [2.24, 2.45) is 0 Å². The smallest absolute Gasteiger partial charge is 0.159 e. The molecule has 0 unspecified atom stereocenters. The Morgan fingerprint density at radius 3 is 2.59 bits per heavy atom. The van der Waals surface area contributed by atoms with Crippen LogP contribution >= 0.6 is 0 Å². The molecule has 0 amide bonds. The summed E-state index contributed by atoms with van der Waals surface area (Å²) < 4.78 is 5.12. The van der Waals surface area contributed by atoms with Gasteiger partial charge in [0.15, 0.2) is 5.82 Å². The largest absolute Gasteiger partial charge is 0.497 e. The summed E-state index contributed by atoms with van der Waals surface area (Å²) in [5, 5.41) is 3.07. The van der Waals surface area contributed by atoms with Gasteiger partial charge in [0.1, 0.15) is 5.75 Å².